The number of aromatic nitrogens is 3. The maximum atomic E-state index is 5.26. The first-order valence-electron chi connectivity index (χ1n) is 20.6. The van der Waals surface area contributed by atoms with Gasteiger partial charge in [-0.15, -0.1) is 11.3 Å². The average Bonchev–Trinajstić information content (AvgIpc) is 3.73. The molecular weight excluding hydrogens is 759 g/mol. The number of rotatable bonds is 6. The second-order valence-corrected chi connectivity index (χ2v) is 16.6. The number of benzene rings is 10. The summed E-state index contributed by atoms with van der Waals surface area (Å²) < 4.78 is 2.46. The Kier molecular flexibility index (Phi) is 8.36. The molecule has 0 fully saturated rings. The van der Waals surface area contributed by atoms with E-state index in [4.69, 9.17) is 15.0 Å². The molecule has 0 saturated heterocycles. The summed E-state index contributed by atoms with van der Waals surface area (Å²) in [6.07, 6.45) is 0. The van der Waals surface area contributed by atoms with Crippen molar-refractivity contribution in [3.63, 3.8) is 0 Å². The summed E-state index contributed by atoms with van der Waals surface area (Å²) in [7, 11) is 0. The second-order valence-electron chi connectivity index (χ2n) is 15.5. The van der Waals surface area contributed by atoms with Gasteiger partial charge in [0.25, 0.3) is 0 Å². The highest BCUT2D eigenvalue weighted by Crippen LogP contribution is 2.42. The number of fused-ring (bicyclic) bond motifs is 7. The number of thiophene rings is 1. The molecule has 3 nitrogen and oxygen atoms in total. The lowest BCUT2D eigenvalue weighted by Crippen LogP contribution is -2.01. The molecule has 0 N–H and O–H groups in total. The van der Waals surface area contributed by atoms with E-state index < -0.39 is 0 Å². The third-order valence-electron chi connectivity index (χ3n) is 12.0. The lowest BCUT2D eigenvalue weighted by molar-refractivity contribution is 1.08. The zero-order valence-electron chi connectivity index (χ0n) is 33.0. The molecule has 0 saturated carbocycles. The molecule has 0 bridgehead atoms. The minimum absolute atomic E-state index is 0.636. The van der Waals surface area contributed by atoms with Crippen LogP contribution in [0.2, 0.25) is 0 Å². The van der Waals surface area contributed by atoms with Gasteiger partial charge in [-0.1, -0.05) is 194 Å². The van der Waals surface area contributed by atoms with Gasteiger partial charge in [0, 0.05) is 36.9 Å². The Hall–Kier alpha value is -7.79. The van der Waals surface area contributed by atoms with E-state index in [1.54, 1.807) is 11.3 Å². The predicted octanol–water partition coefficient (Wildman–Crippen LogP) is 15.7. The van der Waals surface area contributed by atoms with Gasteiger partial charge >= 0.3 is 0 Å². The summed E-state index contributed by atoms with van der Waals surface area (Å²) in [4.78, 5) is 15.7. The standard InChI is InChI=1S/C57H35N3S/c1-2-13-38(14-3-1)43-17-8-9-20-47(43)56-58-55(59-57(60-56)49-22-12-24-52-54(49)48-21-10-11-23-51(48)61-52)41-31-27-37(28-32-41)36-25-29-40(30-26-36)53-45-19-7-5-16-42(45)35-50-44-18-6-4-15-39(44)33-34-46(50)53/h1-35H. The largest absolute Gasteiger partial charge is 0.208 e. The first kappa shape index (κ1) is 35.2. The van der Waals surface area contributed by atoms with Gasteiger partial charge in [0.15, 0.2) is 17.5 Å². The molecule has 10 aromatic carbocycles. The Morgan fingerprint density at radius 2 is 0.836 bits per heavy atom. The van der Waals surface area contributed by atoms with Crippen molar-refractivity contribution >= 4 is 63.8 Å². The topological polar surface area (TPSA) is 38.7 Å². The van der Waals surface area contributed by atoms with E-state index in [0.29, 0.717) is 17.5 Å². The van der Waals surface area contributed by atoms with E-state index >= 15 is 0 Å². The summed E-state index contributed by atoms with van der Waals surface area (Å²) in [5, 5.41) is 9.96. The number of hydrogen-bond donors (Lipinski definition) is 0. The molecule has 4 heteroatoms. The van der Waals surface area contributed by atoms with E-state index in [-0.39, 0.29) is 0 Å². The lowest BCUT2D eigenvalue weighted by atomic mass is 9.89. The molecule has 0 atom stereocenters. The fourth-order valence-corrected chi connectivity index (χ4v) is 10.2. The first-order chi connectivity index (χ1) is 30.2. The quantitative estimate of drug-likeness (QED) is 0.124. The Morgan fingerprint density at radius 1 is 0.279 bits per heavy atom. The summed E-state index contributed by atoms with van der Waals surface area (Å²) in [5.41, 5.74) is 9.83. The molecular formula is C57H35N3S. The monoisotopic (exact) mass is 793 g/mol. The van der Waals surface area contributed by atoms with Crippen molar-refractivity contribution < 1.29 is 0 Å². The smallest absolute Gasteiger partial charge is 0.164 e. The molecule has 0 amide bonds. The van der Waals surface area contributed by atoms with Gasteiger partial charge in [0.1, 0.15) is 0 Å². The molecule has 2 aromatic heterocycles. The van der Waals surface area contributed by atoms with E-state index in [1.807, 2.05) is 6.07 Å². The van der Waals surface area contributed by atoms with Crippen LogP contribution in [-0.4, -0.2) is 15.0 Å². The lowest BCUT2D eigenvalue weighted by Gasteiger charge is -2.14. The molecule has 0 aliphatic heterocycles. The van der Waals surface area contributed by atoms with Crippen LogP contribution in [0.4, 0.5) is 0 Å². The Labute approximate surface area is 356 Å². The fourth-order valence-electron chi connectivity index (χ4n) is 9.03. The minimum atomic E-state index is 0.636. The van der Waals surface area contributed by atoms with Crippen molar-refractivity contribution in [1.82, 2.24) is 15.0 Å². The highest BCUT2D eigenvalue weighted by Gasteiger charge is 2.19. The summed E-state index contributed by atoms with van der Waals surface area (Å²) in [5.74, 6) is 1.94. The van der Waals surface area contributed by atoms with E-state index in [0.717, 1.165) is 38.9 Å². The highest BCUT2D eigenvalue weighted by molar-refractivity contribution is 7.25. The molecule has 0 spiro atoms. The van der Waals surface area contributed by atoms with Crippen molar-refractivity contribution in [3.8, 4) is 67.5 Å². The molecule has 284 valence electrons. The zero-order valence-corrected chi connectivity index (χ0v) is 33.8. The maximum absolute atomic E-state index is 5.26. The Morgan fingerprint density at radius 3 is 1.62 bits per heavy atom. The molecule has 61 heavy (non-hydrogen) atoms. The van der Waals surface area contributed by atoms with Crippen LogP contribution < -0.4 is 0 Å². The van der Waals surface area contributed by atoms with Gasteiger partial charge in [-0.25, -0.2) is 15.0 Å². The number of nitrogens with zero attached hydrogens (tertiary/aromatic N) is 3. The van der Waals surface area contributed by atoms with Crippen LogP contribution in [0.15, 0.2) is 212 Å². The van der Waals surface area contributed by atoms with Crippen LogP contribution in [0.3, 0.4) is 0 Å². The molecule has 12 rings (SSSR count). The normalized spacial score (nSPS) is 11.6. The van der Waals surface area contributed by atoms with Crippen LogP contribution in [-0.2, 0) is 0 Å². The predicted molar refractivity (Wildman–Crippen MR) is 258 cm³/mol. The van der Waals surface area contributed by atoms with Crippen LogP contribution >= 0.6 is 11.3 Å². The Bertz CT molecular complexity index is 3630. The van der Waals surface area contributed by atoms with Gasteiger partial charge in [-0.3, -0.25) is 0 Å². The summed E-state index contributed by atoms with van der Waals surface area (Å²) in [6, 6.07) is 75.8. The van der Waals surface area contributed by atoms with Crippen LogP contribution in [0.5, 0.6) is 0 Å². The average molecular weight is 794 g/mol. The molecule has 0 radical (unpaired) electrons. The van der Waals surface area contributed by atoms with Gasteiger partial charge in [-0.2, -0.15) is 0 Å². The van der Waals surface area contributed by atoms with Gasteiger partial charge in [-0.05, 0) is 83.9 Å². The SMILES string of the molecule is c1ccc(-c2ccccc2-c2nc(-c3ccc(-c4ccc(-c5c6ccccc6cc6c5ccc5ccccc56)cc4)cc3)nc(-c3cccc4sc5ccccc5c34)n2)cc1. The molecule has 0 aliphatic carbocycles. The maximum Gasteiger partial charge on any atom is 0.164 e. The highest BCUT2D eigenvalue weighted by atomic mass is 32.1. The van der Waals surface area contributed by atoms with Crippen molar-refractivity contribution in [1.29, 1.82) is 0 Å². The van der Waals surface area contributed by atoms with Gasteiger partial charge in [0.05, 0.1) is 0 Å². The van der Waals surface area contributed by atoms with E-state index in [9.17, 15) is 0 Å². The second kappa shape index (κ2) is 14.5. The molecule has 2 heterocycles. The van der Waals surface area contributed by atoms with Crippen LogP contribution in [0.1, 0.15) is 0 Å². The Balaban J connectivity index is 0.962. The van der Waals surface area contributed by atoms with Crippen LogP contribution in [0, 0.1) is 0 Å². The van der Waals surface area contributed by atoms with Gasteiger partial charge < -0.3 is 0 Å². The van der Waals surface area contributed by atoms with Crippen molar-refractivity contribution in [3.05, 3.63) is 212 Å². The van der Waals surface area contributed by atoms with Crippen molar-refractivity contribution in [2.24, 2.45) is 0 Å². The van der Waals surface area contributed by atoms with Crippen molar-refractivity contribution in [2.75, 3.05) is 0 Å². The molecule has 0 aliphatic rings. The minimum Gasteiger partial charge on any atom is -0.208 e. The molecule has 12 aromatic rings. The summed E-state index contributed by atoms with van der Waals surface area (Å²) in [6.45, 7) is 0. The van der Waals surface area contributed by atoms with Gasteiger partial charge in [0.2, 0.25) is 0 Å². The van der Waals surface area contributed by atoms with Crippen LogP contribution in [0.25, 0.3) is 120 Å². The molecule has 0 unspecified atom stereocenters. The first-order valence-corrected chi connectivity index (χ1v) is 21.4. The zero-order chi connectivity index (χ0) is 40.3. The fraction of sp³-hybridized carbons (Fsp3) is 0. The summed E-state index contributed by atoms with van der Waals surface area (Å²) >= 11 is 1.80. The van der Waals surface area contributed by atoms with E-state index in [2.05, 4.69) is 206 Å². The van der Waals surface area contributed by atoms with Crippen molar-refractivity contribution in [2.45, 2.75) is 0 Å². The third kappa shape index (κ3) is 6.07. The van der Waals surface area contributed by atoms with E-state index in [1.165, 1.54) is 63.6 Å². The number of hydrogen-bond acceptors (Lipinski definition) is 4. The third-order valence-corrected chi connectivity index (χ3v) is 13.1.